The summed E-state index contributed by atoms with van der Waals surface area (Å²) >= 11 is 3.52. The van der Waals surface area contributed by atoms with Gasteiger partial charge in [-0.05, 0) is 47.0 Å². The number of aromatic nitrogens is 2. The van der Waals surface area contributed by atoms with Gasteiger partial charge in [0.2, 0.25) is 0 Å². The Morgan fingerprint density at radius 3 is 2.62 bits per heavy atom. The topological polar surface area (TPSA) is 54.7 Å². The van der Waals surface area contributed by atoms with Crippen molar-refractivity contribution in [1.82, 2.24) is 10.2 Å². The minimum Gasteiger partial charge on any atom is -0.325 e. The molecule has 0 saturated heterocycles. The van der Waals surface area contributed by atoms with Crippen LogP contribution in [0.2, 0.25) is 0 Å². The van der Waals surface area contributed by atoms with Crippen LogP contribution in [0.3, 0.4) is 0 Å². The summed E-state index contributed by atoms with van der Waals surface area (Å²) in [5.41, 5.74) is 11.1. The zero-order chi connectivity index (χ0) is 11.7. The van der Waals surface area contributed by atoms with Crippen LogP contribution in [-0.4, -0.2) is 10.2 Å². The summed E-state index contributed by atoms with van der Waals surface area (Å²) in [6.07, 6.45) is 0. The van der Waals surface area contributed by atoms with Gasteiger partial charge in [-0.3, -0.25) is 5.10 Å². The van der Waals surface area contributed by atoms with E-state index in [9.17, 15) is 0 Å². The standard InChI is InChI=1S/C12H14BrN3/c1-7-3-4-9(5-8(7)2)12-11(13)10(6-14)15-16-12/h3-5H,6,14H2,1-2H3,(H,15,16). The molecule has 0 aliphatic rings. The molecular weight excluding hydrogens is 266 g/mol. The number of nitrogens with two attached hydrogens (primary N) is 1. The van der Waals surface area contributed by atoms with E-state index in [1.165, 1.54) is 11.1 Å². The van der Waals surface area contributed by atoms with Crippen molar-refractivity contribution in [3.63, 3.8) is 0 Å². The first kappa shape index (κ1) is 11.4. The van der Waals surface area contributed by atoms with Crippen LogP contribution in [-0.2, 0) is 6.54 Å². The minimum atomic E-state index is 0.457. The number of aryl methyl sites for hydroxylation is 2. The highest BCUT2D eigenvalue weighted by Gasteiger charge is 2.11. The second kappa shape index (κ2) is 4.39. The first-order valence-electron chi connectivity index (χ1n) is 5.14. The van der Waals surface area contributed by atoms with E-state index in [1.807, 2.05) is 0 Å². The van der Waals surface area contributed by atoms with Crippen LogP contribution in [0.25, 0.3) is 11.3 Å². The lowest BCUT2D eigenvalue weighted by Gasteiger charge is -2.03. The number of rotatable bonds is 2. The summed E-state index contributed by atoms with van der Waals surface area (Å²) in [6, 6.07) is 6.31. The number of H-pyrrole nitrogens is 1. The lowest BCUT2D eigenvalue weighted by Crippen LogP contribution is -1.96. The van der Waals surface area contributed by atoms with Crippen molar-refractivity contribution in [1.29, 1.82) is 0 Å². The molecule has 1 aromatic carbocycles. The van der Waals surface area contributed by atoms with Crippen molar-refractivity contribution < 1.29 is 0 Å². The van der Waals surface area contributed by atoms with E-state index in [0.29, 0.717) is 6.54 Å². The Labute approximate surface area is 103 Å². The van der Waals surface area contributed by atoms with Gasteiger partial charge in [0, 0.05) is 12.1 Å². The van der Waals surface area contributed by atoms with Crippen molar-refractivity contribution >= 4 is 15.9 Å². The Balaban J connectivity index is 2.50. The maximum Gasteiger partial charge on any atom is 0.107 e. The van der Waals surface area contributed by atoms with E-state index >= 15 is 0 Å². The van der Waals surface area contributed by atoms with E-state index in [2.05, 4.69) is 58.2 Å². The normalized spacial score (nSPS) is 10.8. The highest BCUT2D eigenvalue weighted by molar-refractivity contribution is 9.10. The third-order valence-corrected chi connectivity index (χ3v) is 3.61. The third-order valence-electron chi connectivity index (χ3n) is 2.76. The molecule has 3 N–H and O–H groups in total. The molecule has 1 heterocycles. The van der Waals surface area contributed by atoms with Crippen LogP contribution in [0.15, 0.2) is 22.7 Å². The van der Waals surface area contributed by atoms with E-state index in [-0.39, 0.29) is 0 Å². The molecule has 4 heteroatoms. The van der Waals surface area contributed by atoms with Crippen LogP contribution in [0.1, 0.15) is 16.8 Å². The minimum absolute atomic E-state index is 0.457. The van der Waals surface area contributed by atoms with Crippen molar-refractivity contribution in [2.75, 3.05) is 0 Å². The summed E-state index contributed by atoms with van der Waals surface area (Å²) in [5.74, 6) is 0. The predicted octanol–water partition coefficient (Wildman–Crippen LogP) is 2.91. The van der Waals surface area contributed by atoms with Gasteiger partial charge in [0.25, 0.3) is 0 Å². The van der Waals surface area contributed by atoms with Gasteiger partial charge < -0.3 is 5.73 Å². The molecule has 0 unspecified atom stereocenters. The highest BCUT2D eigenvalue weighted by Crippen LogP contribution is 2.29. The quantitative estimate of drug-likeness (QED) is 0.888. The van der Waals surface area contributed by atoms with Gasteiger partial charge >= 0.3 is 0 Å². The number of nitrogens with one attached hydrogen (secondary N) is 1. The fourth-order valence-electron chi connectivity index (χ4n) is 1.58. The summed E-state index contributed by atoms with van der Waals surface area (Å²) < 4.78 is 0.957. The molecule has 2 aromatic rings. The van der Waals surface area contributed by atoms with Gasteiger partial charge in [0.1, 0.15) is 5.69 Å². The Kier molecular flexibility index (Phi) is 3.12. The van der Waals surface area contributed by atoms with E-state index in [4.69, 9.17) is 5.73 Å². The van der Waals surface area contributed by atoms with Gasteiger partial charge in [0.15, 0.2) is 0 Å². The van der Waals surface area contributed by atoms with Crippen LogP contribution in [0.5, 0.6) is 0 Å². The Morgan fingerprint density at radius 2 is 2.06 bits per heavy atom. The highest BCUT2D eigenvalue weighted by atomic mass is 79.9. The molecular formula is C12H14BrN3. The zero-order valence-corrected chi connectivity index (χ0v) is 10.9. The van der Waals surface area contributed by atoms with Crippen molar-refractivity contribution in [3.05, 3.63) is 39.5 Å². The number of nitrogens with zero attached hydrogens (tertiary/aromatic N) is 1. The van der Waals surface area contributed by atoms with Crippen molar-refractivity contribution in [2.45, 2.75) is 20.4 Å². The molecule has 2 rings (SSSR count). The average Bonchev–Trinajstić information content (AvgIpc) is 2.64. The van der Waals surface area contributed by atoms with Crippen LogP contribution in [0, 0.1) is 13.8 Å². The molecule has 1 aromatic heterocycles. The largest absolute Gasteiger partial charge is 0.325 e. The van der Waals surface area contributed by atoms with E-state index in [1.54, 1.807) is 0 Å². The summed E-state index contributed by atoms with van der Waals surface area (Å²) in [5, 5.41) is 7.21. The number of benzene rings is 1. The SMILES string of the molecule is Cc1ccc(-c2n[nH]c(CN)c2Br)cc1C. The first-order chi connectivity index (χ1) is 7.63. The fourth-order valence-corrected chi connectivity index (χ4v) is 2.15. The average molecular weight is 280 g/mol. The van der Waals surface area contributed by atoms with Gasteiger partial charge in [-0.15, -0.1) is 0 Å². The molecule has 84 valence electrons. The molecule has 0 saturated carbocycles. The number of halogens is 1. The van der Waals surface area contributed by atoms with E-state index < -0.39 is 0 Å². The molecule has 0 atom stereocenters. The molecule has 16 heavy (non-hydrogen) atoms. The number of hydrogen-bond donors (Lipinski definition) is 2. The summed E-state index contributed by atoms with van der Waals surface area (Å²) in [7, 11) is 0. The zero-order valence-electron chi connectivity index (χ0n) is 9.34. The van der Waals surface area contributed by atoms with Crippen LogP contribution < -0.4 is 5.73 Å². The van der Waals surface area contributed by atoms with Gasteiger partial charge in [-0.25, -0.2) is 0 Å². The lowest BCUT2D eigenvalue weighted by molar-refractivity contribution is 0.945. The third kappa shape index (κ3) is 1.90. The fraction of sp³-hybridized carbons (Fsp3) is 0.250. The van der Waals surface area contributed by atoms with Crippen molar-refractivity contribution in [3.8, 4) is 11.3 Å². The summed E-state index contributed by atoms with van der Waals surface area (Å²) in [6.45, 7) is 4.66. The van der Waals surface area contributed by atoms with Crippen LogP contribution in [0.4, 0.5) is 0 Å². The Morgan fingerprint density at radius 1 is 1.31 bits per heavy atom. The monoisotopic (exact) mass is 279 g/mol. The molecule has 0 aliphatic carbocycles. The summed E-state index contributed by atoms with van der Waals surface area (Å²) in [4.78, 5) is 0. The molecule has 0 fully saturated rings. The Bertz CT molecular complexity index is 517. The molecule has 0 aliphatic heterocycles. The second-order valence-electron chi connectivity index (χ2n) is 3.87. The van der Waals surface area contributed by atoms with E-state index in [0.717, 1.165) is 21.4 Å². The molecule has 3 nitrogen and oxygen atoms in total. The van der Waals surface area contributed by atoms with Gasteiger partial charge in [-0.1, -0.05) is 12.1 Å². The van der Waals surface area contributed by atoms with Crippen LogP contribution >= 0.6 is 15.9 Å². The molecule has 0 amide bonds. The lowest BCUT2D eigenvalue weighted by atomic mass is 10.0. The smallest absolute Gasteiger partial charge is 0.107 e. The van der Waals surface area contributed by atoms with Gasteiger partial charge in [-0.2, -0.15) is 5.10 Å². The Hall–Kier alpha value is -1.13. The number of aromatic amines is 1. The maximum absolute atomic E-state index is 5.59. The predicted molar refractivity (Wildman–Crippen MR) is 69.1 cm³/mol. The molecule has 0 spiro atoms. The van der Waals surface area contributed by atoms with Crippen molar-refractivity contribution in [2.24, 2.45) is 5.73 Å². The molecule has 0 bridgehead atoms. The number of hydrogen-bond acceptors (Lipinski definition) is 2. The van der Waals surface area contributed by atoms with Gasteiger partial charge in [0.05, 0.1) is 10.2 Å². The first-order valence-corrected chi connectivity index (χ1v) is 5.93. The second-order valence-corrected chi connectivity index (χ2v) is 4.66. The molecule has 0 radical (unpaired) electrons. The maximum atomic E-state index is 5.59.